The molecule has 0 unspecified atom stereocenters. The first-order valence-electron chi connectivity index (χ1n) is 25.5. The zero-order valence-corrected chi connectivity index (χ0v) is 39.4. The van der Waals surface area contributed by atoms with Crippen LogP contribution in [0.1, 0.15) is 194 Å². The van der Waals surface area contributed by atoms with Crippen LogP contribution < -0.4 is 26.6 Å². The molecule has 0 spiro atoms. The molecule has 1 aliphatic rings. The standard InChI is InChI=1S/C50H97N7O3/c1-3-5-7-9-11-13-15-17-19-21-23-25-27-29-31-33-48(58)54-41-45-57(50(60)47-56-43-39-52-37-35-51-36-38-53-40-44-56)46-42-55-49(59)34-32-30-28-26-24-22-20-18-16-14-12-10-8-6-4-2/h17-20,51-53H,3-16,21-47H2,1-2H3,(H,54,58)(H,55,59)/b19-17-,20-18-. The fourth-order valence-electron chi connectivity index (χ4n) is 7.68. The van der Waals surface area contributed by atoms with Gasteiger partial charge in [0, 0.05) is 91.4 Å². The van der Waals surface area contributed by atoms with Gasteiger partial charge in [0.1, 0.15) is 0 Å². The average Bonchev–Trinajstić information content (AvgIpc) is 3.24. The third-order valence-corrected chi connectivity index (χ3v) is 11.6. The Morgan fingerprint density at radius 1 is 0.467 bits per heavy atom. The van der Waals surface area contributed by atoms with Crippen molar-refractivity contribution < 1.29 is 14.4 Å². The molecule has 1 fully saturated rings. The van der Waals surface area contributed by atoms with Gasteiger partial charge in [0.15, 0.2) is 0 Å². The van der Waals surface area contributed by atoms with Gasteiger partial charge in [-0.1, -0.05) is 141 Å². The summed E-state index contributed by atoms with van der Waals surface area (Å²) in [7, 11) is 0. The Morgan fingerprint density at radius 3 is 1.18 bits per heavy atom. The van der Waals surface area contributed by atoms with Gasteiger partial charge < -0.3 is 31.5 Å². The summed E-state index contributed by atoms with van der Waals surface area (Å²) in [5.74, 6) is 0.160. The normalized spacial score (nSPS) is 14.6. The second kappa shape index (κ2) is 44.8. The Morgan fingerprint density at radius 2 is 0.800 bits per heavy atom. The van der Waals surface area contributed by atoms with Gasteiger partial charge in [0.25, 0.3) is 0 Å². The number of nitrogens with one attached hydrogen (secondary N) is 5. The number of hydrogen-bond donors (Lipinski definition) is 5. The SMILES string of the molecule is CCCCCCCC/C=C\CCCCCCCC(=O)NCCN(CCNC(=O)CCCCCCC/C=C\CCCCCCCC)C(=O)CN1CCNCCNCCNCC1. The number of nitrogens with zero attached hydrogens (tertiary/aromatic N) is 2. The zero-order valence-electron chi connectivity index (χ0n) is 39.4. The smallest absolute Gasteiger partial charge is 0.236 e. The summed E-state index contributed by atoms with van der Waals surface area (Å²) in [6.07, 6.45) is 42.7. The van der Waals surface area contributed by atoms with Gasteiger partial charge in [0.05, 0.1) is 6.54 Å². The van der Waals surface area contributed by atoms with Gasteiger partial charge in [-0.2, -0.15) is 0 Å². The lowest BCUT2D eigenvalue weighted by molar-refractivity contribution is -0.133. The Labute approximate surface area is 370 Å². The number of allylic oxidation sites excluding steroid dienone is 4. The van der Waals surface area contributed by atoms with Crippen LogP contribution in [-0.2, 0) is 14.4 Å². The highest BCUT2D eigenvalue weighted by atomic mass is 16.2. The van der Waals surface area contributed by atoms with Crippen molar-refractivity contribution in [3.05, 3.63) is 24.3 Å². The lowest BCUT2D eigenvalue weighted by Crippen LogP contribution is -2.49. The second-order valence-electron chi connectivity index (χ2n) is 17.3. The van der Waals surface area contributed by atoms with Crippen LogP contribution in [0.2, 0.25) is 0 Å². The summed E-state index contributed by atoms with van der Waals surface area (Å²) in [5.41, 5.74) is 0. The van der Waals surface area contributed by atoms with Gasteiger partial charge in [-0.05, 0) is 64.2 Å². The maximum atomic E-state index is 13.7. The maximum absolute atomic E-state index is 13.7. The van der Waals surface area contributed by atoms with Crippen molar-refractivity contribution in [3.63, 3.8) is 0 Å². The third kappa shape index (κ3) is 38.6. The Hall–Kier alpha value is -2.27. The maximum Gasteiger partial charge on any atom is 0.236 e. The molecular formula is C50H97N7O3. The van der Waals surface area contributed by atoms with E-state index in [1.165, 1.54) is 128 Å². The molecule has 350 valence electrons. The van der Waals surface area contributed by atoms with Crippen LogP contribution in [0, 0.1) is 0 Å². The molecule has 1 rings (SSSR count). The van der Waals surface area contributed by atoms with Crippen molar-refractivity contribution in [2.45, 2.75) is 194 Å². The summed E-state index contributed by atoms with van der Waals surface area (Å²) in [6, 6.07) is 0. The summed E-state index contributed by atoms with van der Waals surface area (Å²) in [5, 5.41) is 16.5. The number of rotatable bonds is 38. The minimum Gasteiger partial charge on any atom is -0.354 e. The van der Waals surface area contributed by atoms with Crippen LogP contribution >= 0.6 is 0 Å². The molecule has 0 aromatic rings. The molecule has 0 radical (unpaired) electrons. The molecule has 0 aromatic carbocycles. The fourth-order valence-corrected chi connectivity index (χ4v) is 7.68. The molecule has 0 saturated carbocycles. The predicted molar refractivity (Wildman–Crippen MR) is 257 cm³/mol. The lowest BCUT2D eigenvalue weighted by Gasteiger charge is -2.28. The molecule has 0 aliphatic carbocycles. The molecule has 10 heteroatoms. The molecule has 0 aromatic heterocycles. The van der Waals surface area contributed by atoms with Gasteiger partial charge in [-0.15, -0.1) is 0 Å². The number of unbranched alkanes of at least 4 members (excludes halogenated alkanes) is 22. The van der Waals surface area contributed by atoms with Crippen LogP contribution in [-0.4, -0.2) is 113 Å². The van der Waals surface area contributed by atoms with Crippen molar-refractivity contribution in [2.75, 3.05) is 85.1 Å². The van der Waals surface area contributed by atoms with Crippen molar-refractivity contribution in [3.8, 4) is 0 Å². The van der Waals surface area contributed by atoms with E-state index >= 15 is 0 Å². The summed E-state index contributed by atoms with van der Waals surface area (Å²) >= 11 is 0. The molecule has 1 aliphatic heterocycles. The molecule has 3 amide bonds. The number of amides is 3. The van der Waals surface area contributed by atoms with Crippen molar-refractivity contribution in [1.29, 1.82) is 0 Å². The zero-order chi connectivity index (χ0) is 43.2. The molecule has 1 heterocycles. The summed E-state index contributed by atoms with van der Waals surface area (Å²) < 4.78 is 0. The molecule has 10 nitrogen and oxygen atoms in total. The van der Waals surface area contributed by atoms with Gasteiger partial charge >= 0.3 is 0 Å². The molecule has 60 heavy (non-hydrogen) atoms. The van der Waals surface area contributed by atoms with E-state index in [0.29, 0.717) is 45.6 Å². The monoisotopic (exact) mass is 844 g/mol. The van der Waals surface area contributed by atoms with Crippen LogP contribution in [0.15, 0.2) is 24.3 Å². The van der Waals surface area contributed by atoms with E-state index in [4.69, 9.17) is 0 Å². The van der Waals surface area contributed by atoms with Crippen LogP contribution in [0.25, 0.3) is 0 Å². The Kier molecular flexibility index (Phi) is 41.6. The highest BCUT2D eigenvalue weighted by Crippen LogP contribution is 2.12. The van der Waals surface area contributed by atoms with E-state index in [1.54, 1.807) is 0 Å². The van der Waals surface area contributed by atoms with Gasteiger partial charge in [0.2, 0.25) is 17.7 Å². The van der Waals surface area contributed by atoms with Gasteiger partial charge in [-0.3, -0.25) is 19.3 Å². The predicted octanol–water partition coefficient (Wildman–Crippen LogP) is 9.21. The summed E-state index contributed by atoms with van der Waals surface area (Å²) in [6.45, 7) is 13.5. The third-order valence-electron chi connectivity index (χ3n) is 11.6. The molecular weight excluding hydrogens is 747 g/mol. The van der Waals surface area contributed by atoms with E-state index in [-0.39, 0.29) is 17.7 Å². The molecule has 5 N–H and O–H groups in total. The minimum atomic E-state index is 0.0433. The largest absolute Gasteiger partial charge is 0.354 e. The van der Waals surface area contributed by atoms with Crippen LogP contribution in [0.4, 0.5) is 0 Å². The topological polar surface area (TPSA) is 118 Å². The van der Waals surface area contributed by atoms with E-state index in [1.807, 2.05) is 4.90 Å². The van der Waals surface area contributed by atoms with Crippen molar-refractivity contribution in [2.24, 2.45) is 0 Å². The Balaban J connectivity index is 2.36. The first-order valence-corrected chi connectivity index (χ1v) is 25.5. The molecule has 1 saturated heterocycles. The van der Waals surface area contributed by atoms with E-state index < -0.39 is 0 Å². The van der Waals surface area contributed by atoms with E-state index in [9.17, 15) is 14.4 Å². The fraction of sp³-hybridized carbons (Fsp3) is 0.860. The van der Waals surface area contributed by atoms with Crippen molar-refractivity contribution >= 4 is 17.7 Å². The minimum absolute atomic E-state index is 0.0433. The number of carbonyl (C=O) groups excluding carboxylic acids is 3. The molecule has 0 atom stereocenters. The quantitative estimate of drug-likeness (QED) is 0.0311. The number of hydrogen-bond acceptors (Lipinski definition) is 7. The van der Waals surface area contributed by atoms with E-state index in [2.05, 4.69) is 69.6 Å². The first kappa shape index (κ1) is 55.7. The number of carbonyl (C=O) groups is 3. The second-order valence-corrected chi connectivity index (χ2v) is 17.3. The highest BCUT2D eigenvalue weighted by Gasteiger charge is 2.18. The van der Waals surface area contributed by atoms with Crippen LogP contribution in [0.5, 0.6) is 0 Å². The average molecular weight is 844 g/mol. The molecule has 0 bridgehead atoms. The summed E-state index contributed by atoms with van der Waals surface area (Å²) in [4.78, 5) is 43.1. The van der Waals surface area contributed by atoms with Gasteiger partial charge in [-0.25, -0.2) is 0 Å². The lowest BCUT2D eigenvalue weighted by atomic mass is 10.1. The Bertz CT molecular complexity index is 969. The van der Waals surface area contributed by atoms with Crippen molar-refractivity contribution in [1.82, 2.24) is 36.4 Å². The van der Waals surface area contributed by atoms with Crippen LogP contribution in [0.3, 0.4) is 0 Å². The first-order chi connectivity index (χ1) is 29.6. The van der Waals surface area contributed by atoms with E-state index in [0.717, 1.165) is 90.9 Å². The highest BCUT2D eigenvalue weighted by molar-refractivity contribution is 5.79.